The normalized spacial score (nSPS) is 10.5. The number of nitrogens with zero attached hydrogens (tertiary/aromatic N) is 2. The SMILES string of the molecule is Cc1cc(OC(=O)c2csc(-c3cccs3)n2)ccc1[N+](=O)[O-]. The number of benzene rings is 1. The number of carbonyl (C=O) groups is 1. The summed E-state index contributed by atoms with van der Waals surface area (Å²) >= 11 is 2.91. The largest absolute Gasteiger partial charge is 0.422 e. The van der Waals surface area contributed by atoms with Crippen LogP contribution in [-0.2, 0) is 0 Å². The van der Waals surface area contributed by atoms with Crippen molar-refractivity contribution >= 4 is 34.3 Å². The number of nitro benzene ring substituents is 1. The van der Waals surface area contributed by atoms with E-state index in [0.29, 0.717) is 5.56 Å². The van der Waals surface area contributed by atoms with Gasteiger partial charge < -0.3 is 4.74 Å². The van der Waals surface area contributed by atoms with Gasteiger partial charge in [0.1, 0.15) is 10.8 Å². The summed E-state index contributed by atoms with van der Waals surface area (Å²) in [7, 11) is 0. The molecule has 2 aromatic heterocycles. The molecule has 0 N–H and O–H groups in total. The van der Waals surface area contributed by atoms with Gasteiger partial charge in [-0.15, -0.1) is 22.7 Å². The maximum Gasteiger partial charge on any atom is 0.363 e. The summed E-state index contributed by atoms with van der Waals surface area (Å²) in [4.78, 5) is 27.7. The molecule has 6 nitrogen and oxygen atoms in total. The molecule has 116 valence electrons. The fraction of sp³-hybridized carbons (Fsp3) is 0.0667. The van der Waals surface area contributed by atoms with Crippen LogP contribution in [0.3, 0.4) is 0 Å². The van der Waals surface area contributed by atoms with E-state index in [1.54, 1.807) is 23.6 Å². The van der Waals surface area contributed by atoms with Gasteiger partial charge in [-0.05, 0) is 30.5 Å². The van der Waals surface area contributed by atoms with Crippen LogP contribution < -0.4 is 4.74 Å². The quantitative estimate of drug-likeness (QED) is 0.304. The number of esters is 1. The lowest BCUT2D eigenvalue weighted by molar-refractivity contribution is -0.385. The van der Waals surface area contributed by atoms with Crippen LogP contribution in [0.1, 0.15) is 16.1 Å². The van der Waals surface area contributed by atoms with E-state index in [0.717, 1.165) is 9.88 Å². The zero-order valence-electron chi connectivity index (χ0n) is 11.9. The maximum absolute atomic E-state index is 12.1. The Bertz CT molecular complexity index is 871. The molecule has 0 aliphatic carbocycles. The molecule has 0 saturated heterocycles. The first-order valence-corrected chi connectivity index (χ1v) is 8.27. The monoisotopic (exact) mass is 346 g/mol. The molecular formula is C15H10N2O4S2. The van der Waals surface area contributed by atoms with Crippen molar-refractivity contribution in [1.82, 2.24) is 4.98 Å². The van der Waals surface area contributed by atoms with Crippen molar-refractivity contribution < 1.29 is 14.5 Å². The van der Waals surface area contributed by atoms with Gasteiger partial charge in [-0.25, -0.2) is 9.78 Å². The van der Waals surface area contributed by atoms with Gasteiger partial charge in [0, 0.05) is 17.0 Å². The lowest BCUT2D eigenvalue weighted by Gasteiger charge is -2.03. The lowest BCUT2D eigenvalue weighted by atomic mass is 10.2. The van der Waals surface area contributed by atoms with Gasteiger partial charge in [-0.3, -0.25) is 10.1 Å². The van der Waals surface area contributed by atoms with Crippen LogP contribution in [0.15, 0.2) is 41.1 Å². The predicted molar refractivity (Wildman–Crippen MR) is 88.2 cm³/mol. The minimum absolute atomic E-state index is 0.0153. The standard InChI is InChI=1S/C15H10N2O4S2/c1-9-7-10(4-5-12(9)17(19)20)21-15(18)11-8-23-14(16-11)13-3-2-6-22-13/h2-8H,1H3. The number of thiazole rings is 1. The molecule has 0 amide bonds. The van der Waals surface area contributed by atoms with Gasteiger partial charge in [-0.2, -0.15) is 0 Å². The Morgan fingerprint density at radius 3 is 2.78 bits per heavy atom. The van der Waals surface area contributed by atoms with Crippen LogP contribution in [0.2, 0.25) is 0 Å². The number of hydrogen-bond acceptors (Lipinski definition) is 7. The molecule has 0 spiro atoms. The highest BCUT2D eigenvalue weighted by Crippen LogP contribution is 2.28. The van der Waals surface area contributed by atoms with Crippen LogP contribution in [-0.4, -0.2) is 15.9 Å². The Morgan fingerprint density at radius 2 is 2.13 bits per heavy atom. The van der Waals surface area contributed by atoms with Gasteiger partial charge in [-0.1, -0.05) is 6.07 Å². The molecule has 2 heterocycles. The first-order valence-electron chi connectivity index (χ1n) is 6.51. The highest BCUT2D eigenvalue weighted by atomic mass is 32.1. The third-order valence-corrected chi connectivity index (χ3v) is 4.90. The Kier molecular flexibility index (Phi) is 4.18. The average Bonchev–Trinajstić information content (AvgIpc) is 3.18. The van der Waals surface area contributed by atoms with Gasteiger partial charge in [0.05, 0.1) is 9.80 Å². The summed E-state index contributed by atoms with van der Waals surface area (Å²) in [6, 6.07) is 8.02. The second-order valence-electron chi connectivity index (χ2n) is 4.61. The predicted octanol–water partition coefficient (Wildman–Crippen LogP) is 4.31. The summed E-state index contributed by atoms with van der Waals surface area (Å²) in [5.74, 6) is -0.332. The van der Waals surface area contributed by atoms with Crippen molar-refractivity contribution in [2.75, 3.05) is 0 Å². The van der Waals surface area contributed by atoms with E-state index in [1.165, 1.54) is 29.5 Å². The zero-order chi connectivity index (χ0) is 16.4. The molecule has 0 radical (unpaired) electrons. The van der Waals surface area contributed by atoms with Crippen molar-refractivity contribution in [1.29, 1.82) is 0 Å². The first-order chi connectivity index (χ1) is 11.0. The van der Waals surface area contributed by atoms with Crippen molar-refractivity contribution in [3.63, 3.8) is 0 Å². The summed E-state index contributed by atoms with van der Waals surface area (Å²) in [6.07, 6.45) is 0. The molecule has 23 heavy (non-hydrogen) atoms. The van der Waals surface area contributed by atoms with Crippen LogP contribution in [0.25, 0.3) is 9.88 Å². The Morgan fingerprint density at radius 1 is 1.30 bits per heavy atom. The third-order valence-electron chi connectivity index (χ3n) is 3.02. The Hall–Kier alpha value is -2.58. The van der Waals surface area contributed by atoms with E-state index in [2.05, 4.69) is 4.98 Å². The molecule has 0 aliphatic rings. The van der Waals surface area contributed by atoms with E-state index in [-0.39, 0.29) is 17.1 Å². The highest BCUT2D eigenvalue weighted by Gasteiger charge is 2.16. The Labute approximate surface area is 139 Å². The van der Waals surface area contributed by atoms with Crippen LogP contribution in [0.4, 0.5) is 5.69 Å². The van der Waals surface area contributed by atoms with Crippen molar-refractivity contribution in [3.8, 4) is 15.6 Å². The van der Waals surface area contributed by atoms with Crippen molar-refractivity contribution in [2.45, 2.75) is 6.92 Å². The number of ether oxygens (including phenoxy) is 1. The molecule has 3 rings (SSSR count). The first kappa shape index (κ1) is 15.3. The van der Waals surface area contributed by atoms with Crippen molar-refractivity contribution in [3.05, 3.63) is 62.5 Å². The zero-order valence-corrected chi connectivity index (χ0v) is 13.5. The summed E-state index contributed by atoms with van der Waals surface area (Å²) in [6.45, 7) is 1.59. The van der Waals surface area contributed by atoms with Crippen LogP contribution in [0.5, 0.6) is 5.75 Å². The number of carbonyl (C=O) groups excluding carboxylic acids is 1. The van der Waals surface area contributed by atoms with Crippen LogP contribution >= 0.6 is 22.7 Å². The molecule has 0 aliphatic heterocycles. The third kappa shape index (κ3) is 3.27. The molecule has 3 aromatic rings. The molecular weight excluding hydrogens is 336 g/mol. The van der Waals surface area contributed by atoms with Gasteiger partial charge in [0.15, 0.2) is 5.69 Å². The molecule has 0 atom stereocenters. The van der Waals surface area contributed by atoms with E-state index < -0.39 is 10.9 Å². The second kappa shape index (κ2) is 6.27. The molecule has 0 unspecified atom stereocenters. The smallest absolute Gasteiger partial charge is 0.363 e. The maximum atomic E-state index is 12.1. The number of nitro groups is 1. The fourth-order valence-electron chi connectivity index (χ4n) is 1.94. The molecule has 0 fully saturated rings. The Balaban J connectivity index is 1.77. The van der Waals surface area contributed by atoms with E-state index in [9.17, 15) is 14.9 Å². The lowest BCUT2D eigenvalue weighted by Crippen LogP contribution is -2.09. The minimum atomic E-state index is -0.586. The van der Waals surface area contributed by atoms with Gasteiger partial charge in [0.25, 0.3) is 5.69 Å². The number of rotatable bonds is 4. The molecule has 0 saturated carbocycles. The summed E-state index contributed by atoms with van der Waals surface area (Å²) < 4.78 is 5.23. The van der Waals surface area contributed by atoms with E-state index >= 15 is 0 Å². The molecule has 1 aromatic carbocycles. The number of thiophene rings is 1. The number of aromatic nitrogens is 1. The minimum Gasteiger partial charge on any atom is -0.422 e. The molecule has 0 bridgehead atoms. The van der Waals surface area contributed by atoms with Gasteiger partial charge >= 0.3 is 5.97 Å². The fourth-order valence-corrected chi connectivity index (χ4v) is 3.54. The van der Waals surface area contributed by atoms with Gasteiger partial charge in [0.2, 0.25) is 0 Å². The topological polar surface area (TPSA) is 82.3 Å². The number of aryl methyl sites for hydroxylation is 1. The average molecular weight is 346 g/mol. The van der Waals surface area contributed by atoms with E-state index in [4.69, 9.17) is 4.74 Å². The van der Waals surface area contributed by atoms with Crippen molar-refractivity contribution in [2.24, 2.45) is 0 Å². The summed E-state index contributed by atoms with van der Waals surface area (Å²) in [5.41, 5.74) is 0.630. The molecule has 8 heteroatoms. The second-order valence-corrected chi connectivity index (χ2v) is 6.42. The summed E-state index contributed by atoms with van der Waals surface area (Å²) in [5, 5.41) is 15.1. The van der Waals surface area contributed by atoms with E-state index in [1.807, 2.05) is 17.5 Å². The highest BCUT2D eigenvalue weighted by molar-refractivity contribution is 7.20. The van der Waals surface area contributed by atoms with Crippen LogP contribution in [0, 0.1) is 17.0 Å². The number of hydrogen-bond donors (Lipinski definition) is 0.